The van der Waals surface area contributed by atoms with Crippen molar-refractivity contribution < 1.29 is 14.6 Å². The number of benzene rings is 1. The van der Waals surface area contributed by atoms with Gasteiger partial charge >= 0.3 is 5.91 Å². The number of ether oxygens (including phenoxy) is 2. The topological polar surface area (TPSA) is 104 Å². The second kappa shape index (κ2) is 12.2. The van der Waals surface area contributed by atoms with E-state index in [9.17, 15) is 5.11 Å². The van der Waals surface area contributed by atoms with E-state index in [0.717, 1.165) is 24.0 Å². The van der Waals surface area contributed by atoms with E-state index in [1.165, 1.54) is 6.33 Å². The first kappa shape index (κ1) is 27.9. The number of nitrogens with zero attached hydrogens (tertiary/aromatic N) is 3. The van der Waals surface area contributed by atoms with Crippen LogP contribution in [0.1, 0.15) is 30.9 Å². The van der Waals surface area contributed by atoms with Crippen LogP contribution in [0.15, 0.2) is 92.6 Å². The highest BCUT2D eigenvalue weighted by Crippen LogP contribution is 2.46. The molecule has 0 radical (unpaired) electrons. The largest absolute Gasteiger partial charge is 0.512 e. The number of nitrogens with one attached hydrogen (secondary N) is 3. The van der Waals surface area contributed by atoms with Crippen LogP contribution in [0.25, 0.3) is 6.08 Å². The Morgan fingerprint density at radius 1 is 1.23 bits per heavy atom. The van der Waals surface area contributed by atoms with Gasteiger partial charge in [-0.25, -0.2) is 9.97 Å². The van der Waals surface area contributed by atoms with Gasteiger partial charge in [-0.2, -0.15) is 0 Å². The molecule has 1 aromatic heterocycles. The lowest BCUT2D eigenvalue weighted by Gasteiger charge is -2.56. The molecule has 1 aliphatic carbocycles. The van der Waals surface area contributed by atoms with Gasteiger partial charge in [0, 0.05) is 24.4 Å². The first-order valence-corrected chi connectivity index (χ1v) is 13.1. The van der Waals surface area contributed by atoms with E-state index in [1.54, 1.807) is 11.1 Å². The molecule has 0 amide bonds. The number of hydrogen-bond acceptors (Lipinski definition) is 9. The van der Waals surface area contributed by atoms with Gasteiger partial charge in [0.05, 0.1) is 30.1 Å². The molecule has 2 heterocycles. The van der Waals surface area contributed by atoms with E-state index >= 15 is 0 Å². The number of hydrogen-bond donors (Lipinski definition) is 4. The molecular formula is C30H38N6O3. The van der Waals surface area contributed by atoms with Gasteiger partial charge in [-0.15, -0.1) is 0 Å². The molecule has 4 rings (SSSR count). The normalized spacial score (nSPS) is 22.0. The zero-order valence-corrected chi connectivity index (χ0v) is 22.7. The molecule has 2 aliphatic rings. The van der Waals surface area contributed by atoms with E-state index in [-0.39, 0.29) is 24.3 Å². The maximum Gasteiger partial charge on any atom is 0.305 e. The molecule has 206 valence electrons. The van der Waals surface area contributed by atoms with Crippen LogP contribution in [-0.2, 0) is 9.47 Å². The van der Waals surface area contributed by atoms with Crippen molar-refractivity contribution in [2.75, 3.05) is 23.3 Å². The number of rotatable bonds is 15. The zero-order valence-electron chi connectivity index (χ0n) is 22.7. The lowest BCUT2D eigenvalue weighted by Crippen LogP contribution is -2.70. The Balaban J connectivity index is 1.59. The summed E-state index contributed by atoms with van der Waals surface area (Å²) in [7, 11) is 0. The van der Waals surface area contributed by atoms with Crippen molar-refractivity contribution in [3.05, 3.63) is 104 Å². The lowest BCUT2D eigenvalue weighted by molar-refractivity contribution is -0.359. The molecule has 39 heavy (non-hydrogen) atoms. The van der Waals surface area contributed by atoms with Gasteiger partial charge in [-0.05, 0) is 31.4 Å². The quantitative estimate of drug-likeness (QED) is 0.144. The van der Waals surface area contributed by atoms with Crippen molar-refractivity contribution in [2.45, 2.75) is 44.7 Å². The van der Waals surface area contributed by atoms with E-state index in [4.69, 9.17) is 9.47 Å². The Kier molecular flexibility index (Phi) is 8.73. The molecule has 0 bridgehead atoms. The van der Waals surface area contributed by atoms with E-state index in [2.05, 4.69) is 52.2 Å². The highest BCUT2D eigenvalue weighted by Gasteiger charge is 2.60. The summed E-state index contributed by atoms with van der Waals surface area (Å²) >= 11 is 0. The first-order valence-electron chi connectivity index (χ1n) is 13.1. The average Bonchev–Trinajstić information content (AvgIpc) is 3.73. The number of allylic oxidation sites excluding steroid dienone is 1. The summed E-state index contributed by atoms with van der Waals surface area (Å²) in [5, 5.41) is 19.2. The average molecular weight is 531 g/mol. The Hall–Kier alpha value is -4.08. The monoisotopic (exact) mass is 530 g/mol. The summed E-state index contributed by atoms with van der Waals surface area (Å²) in [5.41, 5.74) is 1.80. The van der Waals surface area contributed by atoms with Crippen LogP contribution >= 0.6 is 0 Å². The lowest BCUT2D eigenvalue weighted by atomic mass is 9.91. The van der Waals surface area contributed by atoms with Gasteiger partial charge < -0.3 is 30.5 Å². The van der Waals surface area contributed by atoms with Crippen LogP contribution in [0.4, 0.5) is 11.6 Å². The molecule has 2 aromatic rings. The number of aliphatic hydroxyl groups excluding tert-OH is 1. The summed E-state index contributed by atoms with van der Waals surface area (Å²) in [6.07, 6.45) is 8.93. The smallest absolute Gasteiger partial charge is 0.305 e. The fraction of sp³-hybridized carbons (Fsp3) is 0.333. The van der Waals surface area contributed by atoms with Gasteiger partial charge in [-0.1, -0.05) is 69.6 Å². The Labute approximate surface area is 230 Å². The fourth-order valence-corrected chi connectivity index (χ4v) is 4.41. The second-order valence-corrected chi connectivity index (χ2v) is 9.83. The SMILES string of the molecule is C=CN(c1ncnc(NC(=C)NC2CC2)c1C)C1(OC(=C)/C=C/c2ccccc2)OC(CNCC(=C)O)C1C. The van der Waals surface area contributed by atoms with Gasteiger partial charge in [0.1, 0.15) is 23.7 Å². The standard InChI is InChI=1S/C30H38N6O3/c1-7-36(29-22(4)28(32-19-33-29)35-24(6)34-26-15-16-26)30(23(5)27(39-30)18-31-17-20(2)37)38-21(3)13-14-25-11-9-8-10-12-25/h7-14,19,23,26-27,31,34,37H,1-3,6,15-18H2,4-5H3,(H,32,33,35)/b14-13+. The van der Waals surface area contributed by atoms with E-state index < -0.39 is 5.91 Å². The summed E-state index contributed by atoms with van der Waals surface area (Å²) in [5.74, 6) is 0.950. The summed E-state index contributed by atoms with van der Waals surface area (Å²) in [6, 6.07) is 10.4. The number of aromatic nitrogens is 2. The maximum absolute atomic E-state index is 9.45. The second-order valence-electron chi connectivity index (χ2n) is 9.83. The molecule has 1 aromatic carbocycles. The van der Waals surface area contributed by atoms with Crippen molar-refractivity contribution in [1.29, 1.82) is 0 Å². The van der Waals surface area contributed by atoms with E-state index in [1.807, 2.05) is 56.3 Å². The molecule has 1 saturated carbocycles. The molecule has 9 nitrogen and oxygen atoms in total. The van der Waals surface area contributed by atoms with Gasteiger partial charge in [0.2, 0.25) is 0 Å². The minimum Gasteiger partial charge on any atom is -0.512 e. The van der Waals surface area contributed by atoms with Crippen molar-refractivity contribution in [2.24, 2.45) is 5.92 Å². The highest BCUT2D eigenvalue weighted by atomic mass is 16.8. The van der Waals surface area contributed by atoms with Crippen LogP contribution in [0.2, 0.25) is 0 Å². The van der Waals surface area contributed by atoms with Crippen LogP contribution in [0.3, 0.4) is 0 Å². The molecule has 0 spiro atoms. The maximum atomic E-state index is 9.45. The highest BCUT2D eigenvalue weighted by molar-refractivity contribution is 5.62. The first-order chi connectivity index (χ1) is 18.7. The predicted molar refractivity (Wildman–Crippen MR) is 155 cm³/mol. The van der Waals surface area contributed by atoms with Crippen LogP contribution in [-0.4, -0.2) is 46.2 Å². The van der Waals surface area contributed by atoms with Crippen molar-refractivity contribution in [1.82, 2.24) is 20.6 Å². The van der Waals surface area contributed by atoms with Gasteiger partial charge in [0.25, 0.3) is 0 Å². The molecule has 2 fully saturated rings. The molecule has 1 saturated heterocycles. The third-order valence-electron chi connectivity index (χ3n) is 6.70. The summed E-state index contributed by atoms with van der Waals surface area (Å²) < 4.78 is 12.9. The summed E-state index contributed by atoms with van der Waals surface area (Å²) in [6.45, 7) is 20.5. The van der Waals surface area contributed by atoms with Gasteiger partial charge in [0.15, 0.2) is 0 Å². The minimum absolute atomic E-state index is 0.0611. The van der Waals surface area contributed by atoms with Gasteiger partial charge in [-0.3, -0.25) is 4.90 Å². The molecule has 9 heteroatoms. The van der Waals surface area contributed by atoms with Crippen LogP contribution < -0.4 is 20.9 Å². The zero-order chi connectivity index (χ0) is 28.0. The molecule has 3 unspecified atom stereocenters. The number of anilines is 2. The third kappa shape index (κ3) is 6.68. The van der Waals surface area contributed by atoms with Crippen molar-refractivity contribution in [3.8, 4) is 0 Å². The Morgan fingerprint density at radius 3 is 2.62 bits per heavy atom. The predicted octanol–water partition coefficient (Wildman–Crippen LogP) is 4.96. The van der Waals surface area contributed by atoms with Crippen molar-refractivity contribution in [3.63, 3.8) is 0 Å². The third-order valence-corrected chi connectivity index (χ3v) is 6.70. The fourth-order valence-electron chi connectivity index (χ4n) is 4.41. The number of aliphatic hydroxyl groups is 1. The molecule has 1 aliphatic heterocycles. The molecule has 4 N–H and O–H groups in total. The Bertz CT molecular complexity index is 1240. The summed E-state index contributed by atoms with van der Waals surface area (Å²) in [4.78, 5) is 10.8. The van der Waals surface area contributed by atoms with Crippen LogP contribution in [0.5, 0.6) is 0 Å². The molecular weight excluding hydrogens is 492 g/mol. The minimum atomic E-state index is -1.26. The van der Waals surface area contributed by atoms with E-state index in [0.29, 0.717) is 35.8 Å². The Morgan fingerprint density at radius 2 is 1.97 bits per heavy atom. The van der Waals surface area contributed by atoms with Crippen LogP contribution in [0, 0.1) is 12.8 Å². The molecule has 3 atom stereocenters. The van der Waals surface area contributed by atoms with Crippen molar-refractivity contribution >= 4 is 17.7 Å².